The Labute approximate surface area is 138 Å². The van der Waals surface area contributed by atoms with Crippen LogP contribution in [0, 0.1) is 5.92 Å². The predicted octanol–water partition coefficient (Wildman–Crippen LogP) is 1.17. The van der Waals surface area contributed by atoms with Gasteiger partial charge in [0.1, 0.15) is 0 Å². The Kier molecular flexibility index (Phi) is 5.75. The van der Waals surface area contributed by atoms with Crippen LogP contribution in [0.15, 0.2) is 4.99 Å². The first-order chi connectivity index (χ1) is 11.3. The molecule has 3 aliphatic rings. The van der Waals surface area contributed by atoms with Gasteiger partial charge < -0.3 is 20.7 Å². The Balaban J connectivity index is 1.32. The molecule has 3 unspecified atom stereocenters. The molecule has 0 radical (unpaired) electrons. The average molecular weight is 322 g/mol. The number of hydrogen-bond donors (Lipinski definition) is 3. The van der Waals surface area contributed by atoms with Crippen LogP contribution in [0.4, 0.5) is 0 Å². The maximum absolute atomic E-state index is 12.1. The average Bonchev–Trinajstić information content (AvgIpc) is 3.21. The van der Waals surface area contributed by atoms with Crippen molar-refractivity contribution < 1.29 is 9.53 Å². The van der Waals surface area contributed by atoms with Crippen molar-refractivity contribution in [1.29, 1.82) is 0 Å². The van der Waals surface area contributed by atoms with Crippen LogP contribution in [-0.4, -0.2) is 50.3 Å². The monoisotopic (exact) mass is 322 g/mol. The van der Waals surface area contributed by atoms with Crippen molar-refractivity contribution in [3.8, 4) is 0 Å². The van der Waals surface area contributed by atoms with Gasteiger partial charge in [-0.05, 0) is 32.1 Å². The van der Waals surface area contributed by atoms with Gasteiger partial charge in [-0.25, -0.2) is 0 Å². The normalized spacial score (nSPS) is 31.2. The van der Waals surface area contributed by atoms with Gasteiger partial charge in [-0.2, -0.15) is 0 Å². The fraction of sp³-hybridized carbons (Fsp3) is 0.882. The Morgan fingerprint density at radius 2 is 1.87 bits per heavy atom. The zero-order valence-electron chi connectivity index (χ0n) is 14.1. The fourth-order valence-corrected chi connectivity index (χ4v) is 4.04. The number of rotatable bonds is 5. The van der Waals surface area contributed by atoms with Crippen molar-refractivity contribution in [3.05, 3.63) is 0 Å². The maximum Gasteiger partial charge on any atom is 0.223 e. The fourth-order valence-electron chi connectivity index (χ4n) is 4.04. The van der Waals surface area contributed by atoms with E-state index in [1.54, 1.807) is 7.05 Å². The van der Waals surface area contributed by atoms with Crippen LogP contribution in [0.1, 0.15) is 51.4 Å². The molecule has 1 saturated carbocycles. The first kappa shape index (κ1) is 16.6. The molecule has 0 aromatic carbocycles. The first-order valence-corrected chi connectivity index (χ1v) is 9.16. The molecule has 0 aromatic heterocycles. The molecule has 2 bridgehead atoms. The minimum Gasteiger partial charge on any atom is -0.373 e. The molecule has 1 amide bonds. The lowest BCUT2D eigenvalue weighted by molar-refractivity contribution is -0.125. The zero-order chi connectivity index (χ0) is 16.1. The summed E-state index contributed by atoms with van der Waals surface area (Å²) in [5.74, 6) is 1.25. The summed E-state index contributed by atoms with van der Waals surface area (Å²) in [5.41, 5.74) is 0. The standard InChI is InChI=1S/C17H30N4O2/c1-18-17(21-14-11-13-7-8-15(14)23-13)20-10-9-19-16(22)12-5-3-2-4-6-12/h12-15H,2-11H2,1H3,(H,19,22)(H2,18,20,21). The third-order valence-corrected chi connectivity index (χ3v) is 5.34. The van der Waals surface area contributed by atoms with Crippen LogP contribution >= 0.6 is 0 Å². The number of nitrogens with one attached hydrogen (secondary N) is 3. The molecule has 130 valence electrons. The third kappa shape index (κ3) is 4.37. The lowest BCUT2D eigenvalue weighted by atomic mass is 9.89. The summed E-state index contributed by atoms with van der Waals surface area (Å²) in [6, 6.07) is 0.372. The molecule has 6 heteroatoms. The number of fused-ring (bicyclic) bond motifs is 2. The molecule has 2 aliphatic heterocycles. The maximum atomic E-state index is 12.1. The summed E-state index contributed by atoms with van der Waals surface area (Å²) in [4.78, 5) is 16.3. The van der Waals surface area contributed by atoms with Crippen molar-refractivity contribution in [1.82, 2.24) is 16.0 Å². The van der Waals surface area contributed by atoms with Crippen LogP contribution in [-0.2, 0) is 9.53 Å². The molecule has 1 aliphatic carbocycles. The van der Waals surface area contributed by atoms with Gasteiger partial charge in [0.15, 0.2) is 5.96 Å². The number of carbonyl (C=O) groups is 1. The smallest absolute Gasteiger partial charge is 0.223 e. The van der Waals surface area contributed by atoms with E-state index in [9.17, 15) is 4.79 Å². The van der Waals surface area contributed by atoms with Crippen molar-refractivity contribution in [2.24, 2.45) is 10.9 Å². The minimum atomic E-state index is 0.218. The van der Waals surface area contributed by atoms with Gasteiger partial charge in [-0.3, -0.25) is 9.79 Å². The van der Waals surface area contributed by atoms with E-state index < -0.39 is 0 Å². The molecule has 0 spiro atoms. The van der Waals surface area contributed by atoms with E-state index in [0.717, 1.165) is 31.6 Å². The van der Waals surface area contributed by atoms with Gasteiger partial charge >= 0.3 is 0 Å². The number of hydrogen-bond acceptors (Lipinski definition) is 3. The number of nitrogens with zero attached hydrogens (tertiary/aromatic N) is 1. The van der Waals surface area contributed by atoms with Crippen LogP contribution < -0.4 is 16.0 Å². The molecule has 0 aromatic rings. The summed E-state index contributed by atoms with van der Waals surface area (Å²) < 4.78 is 5.85. The van der Waals surface area contributed by atoms with Crippen LogP contribution in [0.25, 0.3) is 0 Å². The molecule has 3 rings (SSSR count). The van der Waals surface area contributed by atoms with Crippen molar-refractivity contribution in [2.45, 2.75) is 69.6 Å². The number of carbonyl (C=O) groups excluding carboxylic acids is 1. The van der Waals surface area contributed by atoms with Crippen molar-refractivity contribution in [3.63, 3.8) is 0 Å². The van der Waals surface area contributed by atoms with E-state index in [2.05, 4.69) is 20.9 Å². The summed E-state index contributed by atoms with van der Waals surface area (Å²) in [6.07, 6.45) is 9.95. The molecular weight excluding hydrogens is 292 g/mol. The van der Waals surface area contributed by atoms with Gasteiger partial charge in [0, 0.05) is 26.1 Å². The van der Waals surface area contributed by atoms with Gasteiger partial charge in [0.05, 0.1) is 18.2 Å². The highest BCUT2D eigenvalue weighted by atomic mass is 16.5. The van der Waals surface area contributed by atoms with Crippen LogP contribution in [0.3, 0.4) is 0 Å². The number of amides is 1. The second-order valence-corrected chi connectivity index (χ2v) is 6.99. The molecule has 2 saturated heterocycles. The molecule has 3 N–H and O–H groups in total. The van der Waals surface area contributed by atoms with Crippen LogP contribution in [0.2, 0.25) is 0 Å². The Bertz CT molecular complexity index is 434. The Morgan fingerprint density at radius 1 is 1.09 bits per heavy atom. The zero-order valence-corrected chi connectivity index (χ0v) is 14.1. The van der Waals surface area contributed by atoms with Gasteiger partial charge in [-0.1, -0.05) is 19.3 Å². The topological polar surface area (TPSA) is 74.8 Å². The lowest BCUT2D eigenvalue weighted by Gasteiger charge is -2.23. The summed E-state index contributed by atoms with van der Waals surface area (Å²) in [7, 11) is 1.78. The molecule has 6 nitrogen and oxygen atoms in total. The van der Waals surface area contributed by atoms with E-state index in [0.29, 0.717) is 31.3 Å². The summed E-state index contributed by atoms with van der Waals surface area (Å²) >= 11 is 0. The van der Waals surface area contributed by atoms with Gasteiger partial charge in [-0.15, -0.1) is 0 Å². The van der Waals surface area contributed by atoms with Gasteiger partial charge in [0.2, 0.25) is 5.91 Å². The van der Waals surface area contributed by atoms with E-state index in [-0.39, 0.29) is 11.8 Å². The van der Waals surface area contributed by atoms with Gasteiger partial charge in [0.25, 0.3) is 0 Å². The molecule has 23 heavy (non-hydrogen) atoms. The van der Waals surface area contributed by atoms with E-state index in [4.69, 9.17) is 4.74 Å². The Morgan fingerprint density at radius 3 is 2.52 bits per heavy atom. The van der Waals surface area contributed by atoms with Crippen molar-refractivity contribution in [2.75, 3.05) is 20.1 Å². The lowest BCUT2D eigenvalue weighted by Crippen LogP contribution is -2.49. The van der Waals surface area contributed by atoms with E-state index in [1.165, 1.54) is 25.7 Å². The Hall–Kier alpha value is -1.30. The quantitative estimate of drug-likeness (QED) is 0.403. The number of aliphatic imine (C=N–C) groups is 1. The predicted molar refractivity (Wildman–Crippen MR) is 90.4 cm³/mol. The molecular formula is C17H30N4O2. The minimum absolute atomic E-state index is 0.218. The molecule has 2 heterocycles. The second-order valence-electron chi connectivity index (χ2n) is 6.99. The SMILES string of the molecule is CN=C(NCCNC(=O)C1CCCCC1)NC1CC2CCC1O2. The highest BCUT2D eigenvalue weighted by Gasteiger charge is 2.41. The second kappa shape index (κ2) is 7.99. The largest absolute Gasteiger partial charge is 0.373 e. The third-order valence-electron chi connectivity index (χ3n) is 5.34. The number of guanidine groups is 1. The van der Waals surface area contributed by atoms with Crippen LogP contribution in [0.5, 0.6) is 0 Å². The highest BCUT2D eigenvalue weighted by Crippen LogP contribution is 2.34. The van der Waals surface area contributed by atoms with Crippen molar-refractivity contribution >= 4 is 11.9 Å². The van der Waals surface area contributed by atoms with E-state index in [1.807, 2.05) is 0 Å². The summed E-state index contributed by atoms with van der Waals surface area (Å²) in [5, 5.41) is 9.78. The first-order valence-electron chi connectivity index (χ1n) is 9.16. The number of ether oxygens (including phenoxy) is 1. The summed E-state index contributed by atoms with van der Waals surface area (Å²) in [6.45, 7) is 1.34. The van der Waals surface area contributed by atoms with E-state index >= 15 is 0 Å². The highest BCUT2D eigenvalue weighted by molar-refractivity contribution is 5.80. The molecule has 3 atom stereocenters. The molecule has 3 fully saturated rings.